The number of urea groups is 1. The molecule has 0 bridgehead atoms. The average Bonchev–Trinajstić information content (AvgIpc) is 2.91. The fourth-order valence-corrected chi connectivity index (χ4v) is 3.26. The van der Waals surface area contributed by atoms with Gasteiger partial charge in [0.2, 0.25) is 0 Å². The van der Waals surface area contributed by atoms with Gasteiger partial charge >= 0.3 is 6.03 Å². The zero-order chi connectivity index (χ0) is 15.5. The van der Waals surface area contributed by atoms with Crippen LogP contribution in [0.4, 0.5) is 10.5 Å². The van der Waals surface area contributed by atoms with Gasteiger partial charge in [-0.25, -0.2) is 9.78 Å². The number of aryl methyl sites for hydroxylation is 1. The van der Waals surface area contributed by atoms with Crippen LogP contribution < -0.4 is 10.6 Å². The molecule has 0 aliphatic rings. The molecule has 0 saturated carbocycles. The first-order chi connectivity index (χ1) is 10.7. The molecule has 3 rings (SSSR count). The largest absolute Gasteiger partial charge is 0.338 e. The van der Waals surface area contributed by atoms with Crippen molar-refractivity contribution in [1.82, 2.24) is 10.3 Å². The Bertz CT molecular complexity index is 808. The maximum Gasteiger partial charge on any atom is 0.319 e. The lowest BCUT2D eigenvalue weighted by molar-refractivity contribution is 0.252. The van der Waals surface area contributed by atoms with Crippen molar-refractivity contribution in [2.24, 2.45) is 0 Å². The number of rotatable bonds is 3. The first-order valence-corrected chi connectivity index (χ1v) is 8.00. The molecule has 0 aliphatic carbocycles. The summed E-state index contributed by atoms with van der Waals surface area (Å²) in [7, 11) is 0. The monoisotopic (exact) mass is 311 g/mol. The molecule has 0 saturated heterocycles. The summed E-state index contributed by atoms with van der Waals surface area (Å²) in [6.45, 7) is 4.58. The molecule has 1 heterocycles. The molecule has 3 aromatic rings. The van der Waals surface area contributed by atoms with Gasteiger partial charge in [0.05, 0.1) is 10.2 Å². The Labute approximate surface area is 133 Å². The van der Waals surface area contributed by atoms with Crippen molar-refractivity contribution < 1.29 is 4.79 Å². The van der Waals surface area contributed by atoms with Crippen LogP contribution in [-0.2, 0) is 0 Å². The van der Waals surface area contributed by atoms with Gasteiger partial charge in [0.25, 0.3) is 0 Å². The number of carbonyl (C=O) groups is 1. The van der Waals surface area contributed by atoms with Crippen molar-refractivity contribution >= 4 is 33.3 Å². The standard InChI is InChI=1S/C17H17N3OS/c1-3-18-17(21)19-13-7-5-12(6-8-13)16-20-14-9-4-11(2)10-15(14)22-16/h4-10H,3H2,1-2H3,(H2,18,19,21). The third kappa shape index (κ3) is 3.09. The number of aromatic nitrogens is 1. The second-order valence-corrected chi connectivity index (χ2v) is 6.08. The first kappa shape index (κ1) is 14.5. The molecule has 112 valence electrons. The van der Waals surface area contributed by atoms with E-state index in [1.165, 1.54) is 10.3 Å². The Morgan fingerprint density at radius 1 is 1.18 bits per heavy atom. The number of hydrogen-bond acceptors (Lipinski definition) is 3. The van der Waals surface area contributed by atoms with Crippen molar-refractivity contribution in [2.75, 3.05) is 11.9 Å². The number of nitrogens with one attached hydrogen (secondary N) is 2. The molecule has 4 nitrogen and oxygen atoms in total. The summed E-state index contributed by atoms with van der Waals surface area (Å²) in [4.78, 5) is 16.1. The Kier molecular flexibility index (Phi) is 4.06. The molecular weight excluding hydrogens is 294 g/mol. The number of fused-ring (bicyclic) bond motifs is 1. The molecule has 0 aliphatic heterocycles. The Morgan fingerprint density at radius 3 is 2.68 bits per heavy atom. The van der Waals surface area contributed by atoms with Crippen molar-refractivity contribution in [3.63, 3.8) is 0 Å². The van der Waals surface area contributed by atoms with E-state index in [-0.39, 0.29) is 6.03 Å². The highest BCUT2D eigenvalue weighted by atomic mass is 32.1. The Morgan fingerprint density at radius 2 is 1.95 bits per heavy atom. The summed E-state index contributed by atoms with van der Waals surface area (Å²) in [5.74, 6) is 0. The molecule has 0 spiro atoms. The minimum atomic E-state index is -0.189. The molecule has 1 aromatic heterocycles. The lowest BCUT2D eigenvalue weighted by Crippen LogP contribution is -2.28. The van der Waals surface area contributed by atoms with Crippen LogP contribution in [0.5, 0.6) is 0 Å². The van der Waals surface area contributed by atoms with Gasteiger partial charge in [-0.15, -0.1) is 11.3 Å². The maximum absolute atomic E-state index is 11.5. The van der Waals surface area contributed by atoms with Gasteiger partial charge in [-0.05, 0) is 55.8 Å². The average molecular weight is 311 g/mol. The third-order valence-electron chi connectivity index (χ3n) is 3.27. The third-order valence-corrected chi connectivity index (χ3v) is 4.34. The van der Waals surface area contributed by atoms with Crippen molar-refractivity contribution in [3.05, 3.63) is 48.0 Å². The van der Waals surface area contributed by atoms with Crippen LogP contribution in [0.25, 0.3) is 20.8 Å². The van der Waals surface area contributed by atoms with Gasteiger partial charge in [-0.1, -0.05) is 6.07 Å². The van der Waals surface area contributed by atoms with Gasteiger partial charge in [0.15, 0.2) is 0 Å². The number of anilines is 1. The van der Waals surface area contributed by atoms with E-state index >= 15 is 0 Å². The molecule has 5 heteroatoms. The molecule has 2 N–H and O–H groups in total. The minimum absolute atomic E-state index is 0.189. The second kappa shape index (κ2) is 6.15. The molecule has 2 amide bonds. The van der Waals surface area contributed by atoms with E-state index in [2.05, 4.69) is 40.7 Å². The van der Waals surface area contributed by atoms with Crippen LogP contribution >= 0.6 is 11.3 Å². The number of benzene rings is 2. The van der Waals surface area contributed by atoms with E-state index in [0.717, 1.165) is 21.8 Å². The van der Waals surface area contributed by atoms with Crippen LogP contribution in [0, 0.1) is 6.92 Å². The maximum atomic E-state index is 11.5. The molecular formula is C17H17N3OS. The summed E-state index contributed by atoms with van der Waals surface area (Å²) in [5, 5.41) is 6.48. The highest BCUT2D eigenvalue weighted by molar-refractivity contribution is 7.21. The van der Waals surface area contributed by atoms with E-state index < -0.39 is 0 Å². The van der Waals surface area contributed by atoms with Crippen molar-refractivity contribution in [1.29, 1.82) is 0 Å². The quantitative estimate of drug-likeness (QED) is 0.752. The van der Waals surface area contributed by atoms with E-state index in [0.29, 0.717) is 6.54 Å². The summed E-state index contributed by atoms with van der Waals surface area (Å²) in [5.41, 5.74) is 4.09. The predicted octanol–water partition coefficient (Wildman–Crippen LogP) is 4.41. The van der Waals surface area contributed by atoms with Crippen LogP contribution in [0.1, 0.15) is 12.5 Å². The van der Waals surface area contributed by atoms with Crippen LogP contribution in [0.3, 0.4) is 0 Å². The summed E-state index contributed by atoms with van der Waals surface area (Å²) >= 11 is 1.68. The van der Waals surface area contributed by atoms with Crippen molar-refractivity contribution in [2.45, 2.75) is 13.8 Å². The lowest BCUT2D eigenvalue weighted by Gasteiger charge is -2.06. The van der Waals surface area contributed by atoms with Crippen LogP contribution in [-0.4, -0.2) is 17.6 Å². The minimum Gasteiger partial charge on any atom is -0.338 e. The molecule has 2 aromatic carbocycles. The molecule has 0 radical (unpaired) electrons. The second-order valence-electron chi connectivity index (χ2n) is 5.05. The van der Waals surface area contributed by atoms with Gasteiger partial charge in [-0.2, -0.15) is 0 Å². The highest BCUT2D eigenvalue weighted by Gasteiger charge is 2.07. The SMILES string of the molecule is CCNC(=O)Nc1ccc(-c2nc3ccc(C)cc3s2)cc1. The van der Waals surface area contributed by atoms with E-state index in [4.69, 9.17) is 0 Å². The smallest absolute Gasteiger partial charge is 0.319 e. The van der Waals surface area contributed by atoms with E-state index in [9.17, 15) is 4.79 Å². The first-order valence-electron chi connectivity index (χ1n) is 7.18. The number of carbonyl (C=O) groups excluding carboxylic acids is 1. The van der Waals surface area contributed by atoms with Gasteiger partial charge in [-0.3, -0.25) is 0 Å². The molecule has 22 heavy (non-hydrogen) atoms. The van der Waals surface area contributed by atoms with Crippen LogP contribution in [0.2, 0.25) is 0 Å². The topological polar surface area (TPSA) is 54.0 Å². The lowest BCUT2D eigenvalue weighted by atomic mass is 10.2. The summed E-state index contributed by atoms with van der Waals surface area (Å²) in [6.07, 6.45) is 0. The number of thiazole rings is 1. The predicted molar refractivity (Wildman–Crippen MR) is 92.5 cm³/mol. The zero-order valence-electron chi connectivity index (χ0n) is 12.5. The number of hydrogen-bond donors (Lipinski definition) is 2. The van der Waals surface area contributed by atoms with E-state index in [1.807, 2.05) is 31.2 Å². The normalized spacial score (nSPS) is 10.6. The van der Waals surface area contributed by atoms with Crippen LogP contribution in [0.15, 0.2) is 42.5 Å². The Balaban J connectivity index is 1.83. The van der Waals surface area contributed by atoms with Gasteiger partial charge in [0.1, 0.15) is 5.01 Å². The fourth-order valence-electron chi connectivity index (χ4n) is 2.19. The van der Waals surface area contributed by atoms with Gasteiger partial charge < -0.3 is 10.6 Å². The summed E-state index contributed by atoms with van der Waals surface area (Å²) < 4.78 is 1.19. The summed E-state index contributed by atoms with van der Waals surface area (Å²) in [6, 6.07) is 13.8. The molecule has 0 unspecified atom stereocenters. The Hall–Kier alpha value is -2.40. The number of amides is 2. The zero-order valence-corrected chi connectivity index (χ0v) is 13.3. The highest BCUT2D eigenvalue weighted by Crippen LogP contribution is 2.31. The van der Waals surface area contributed by atoms with E-state index in [1.54, 1.807) is 11.3 Å². The van der Waals surface area contributed by atoms with Crippen molar-refractivity contribution in [3.8, 4) is 10.6 Å². The number of nitrogens with zero attached hydrogens (tertiary/aromatic N) is 1. The fraction of sp³-hybridized carbons (Fsp3) is 0.176. The van der Waals surface area contributed by atoms with Gasteiger partial charge in [0, 0.05) is 17.8 Å². The molecule has 0 atom stereocenters. The molecule has 0 fully saturated rings.